The molecule has 1 saturated carbocycles. The number of fused-ring (bicyclic) bond motifs is 2. The molecule has 5 heterocycles. The van der Waals surface area contributed by atoms with Crippen LogP contribution in [-0.2, 0) is 65.1 Å². The Balaban J connectivity index is 0.905. The van der Waals surface area contributed by atoms with Crippen molar-refractivity contribution in [3.05, 3.63) is 82.0 Å². The van der Waals surface area contributed by atoms with E-state index in [-0.39, 0.29) is 105 Å². The summed E-state index contributed by atoms with van der Waals surface area (Å²) in [5.41, 5.74) is 23.0. The maximum absolute atomic E-state index is 15.4. The number of thiophene rings is 1. The zero-order chi connectivity index (χ0) is 65.9. The lowest BCUT2D eigenvalue weighted by molar-refractivity contribution is -0.147. The van der Waals surface area contributed by atoms with Crippen LogP contribution in [-0.4, -0.2) is 197 Å². The molecule has 91 heavy (non-hydrogen) atoms. The number of benzene rings is 2. The maximum atomic E-state index is 15.4. The molecule has 8 amide bonds. The molecule has 0 spiro atoms. The van der Waals surface area contributed by atoms with E-state index in [1.165, 1.54) is 33.8 Å². The number of rotatable bonds is 25. The number of carboxylic acids is 1. The number of hydrogen-bond acceptors (Lipinski definition) is 17. The number of aryl methyl sites for hydroxylation is 2. The largest absolute Gasteiger partial charge is 0.480 e. The summed E-state index contributed by atoms with van der Waals surface area (Å²) in [5, 5.41) is 44.0. The molecule has 494 valence electrons. The predicted octanol–water partition coefficient (Wildman–Crippen LogP) is -1.53. The van der Waals surface area contributed by atoms with Gasteiger partial charge in [-0.05, 0) is 126 Å². The second-order valence-electron chi connectivity index (χ2n) is 23.9. The Hall–Kier alpha value is -8.26. The van der Waals surface area contributed by atoms with Crippen molar-refractivity contribution in [3.63, 3.8) is 0 Å². The first kappa shape index (κ1) is 68.6. The van der Waals surface area contributed by atoms with E-state index in [1.54, 1.807) is 53.9 Å². The number of β-amino-alcohol motifs (C(OH)–C–C–N with tert-alkyl or cyclic N) is 1. The Kier molecular flexibility index (Phi) is 22.8. The molecular weight excluding hydrogens is 1220 g/mol. The Morgan fingerprint density at radius 1 is 0.769 bits per heavy atom. The molecule has 0 radical (unpaired) electrons. The fourth-order valence-electron chi connectivity index (χ4n) is 12.9. The minimum absolute atomic E-state index is 0.000521. The van der Waals surface area contributed by atoms with Gasteiger partial charge in [0.2, 0.25) is 41.4 Å². The number of hydrogen-bond donors (Lipinski definition) is 12. The molecule has 16 N–H and O–H groups in total. The number of amides is 8. The number of nitrogens with two attached hydrogens (primary N) is 4. The normalized spacial score (nSPS) is 23.1. The highest BCUT2D eigenvalue weighted by Crippen LogP contribution is 2.42. The number of aliphatic hydroxyl groups is 2. The van der Waals surface area contributed by atoms with E-state index >= 15 is 9.59 Å². The molecule has 2 aromatic carbocycles. The van der Waals surface area contributed by atoms with Gasteiger partial charge in [-0.15, -0.1) is 11.3 Å². The number of sulfonamides is 1. The van der Waals surface area contributed by atoms with Crippen molar-refractivity contribution in [2.75, 3.05) is 44.2 Å². The number of carbonyl (C=O) groups is 9. The predicted molar refractivity (Wildman–Crippen MR) is 334 cm³/mol. The first-order valence-corrected chi connectivity index (χ1v) is 33.0. The number of carboxylic acid groups (broad SMARTS) is 1. The SMILES string of the molecule is Cc1ccc(S(=O)(=O)NC(N)=NCCC[C@H](N)C(=O)N2CCC[C@H]2C(=O)N2C[C@H](O)C[C@H]2C(=O)NCC(=O)N[C@@](C)(C(=O)N[C@@H](CO)C(=O)N2c3ccccc3CC[C@@H]2C(=O)N2[C@H](C(=O)N[C@@H](CCCN=C(N)N)C(=O)O)C[C@@H]3CCCC[C@@H]32)c2cccs2)cc1. The average Bonchev–Trinajstić information content (AvgIpc) is 1.74. The number of para-hydroxylation sites is 1. The van der Waals surface area contributed by atoms with Crippen LogP contribution in [0.2, 0.25) is 0 Å². The molecule has 1 aliphatic carbocycles. The van der Waals surface area contributed by atoms with E-state index in [2.05, 4.69) is 36.0 Å². The van der Waals surface area contributed by atoms with Gasteiger partial charge in [-0.2, -0.15) is 0 Å². The monoisotopic (exact) mass is 1300 g/mol. The lowest BCUT2D eigenvalue weighted by Crippen LogP contribution is -2.64. The zero-order valence-corrected chi connectivity index (χ0v) is 52.5. The molecule has 1 aromatic heterocycles. The minimum atomic E-state index is -3.99. The number of nitrogens with one attached hydrogen (secondary N) is 5. The standard InChI is InChI=1S/C60H83N15O14S2/c1-34-19-22-38(23-20-34)91(88,89)71-59(64)66-26-7-13-39(61)52(81)72-27-9-17-44(72)54(83)73-32-37(77)30-46(73)50(79)67-31-49(78)70-60(2,48-18-10-28-90-48)57(87)69-41(33-76)53(82)74-42-15-5-3-11-35(42)21-24-45(74)55(84)75-43-16-6-4-12-36(43)29-47(75)51(80)68-40(56(85)86)14-8-25-65-58(62)63/h3,5,10-11,15,18-20,22-23,28,36-37,39-41,43-47,76-77H,4,6-9,12-14,16-17,21,24-27,29-33,61H2,1-2H3,(H,67,79)(H,68,80)(H,69,87)(H,70,78)(H,85,86)(H4,62,63,65)(H3,64,66,71)/t36-,37+,39-,40-,41-,43-,44-,45+,46-,47-,60+/m0/s1. The van der Waals surface area contributed by atoms with Crippen molar-refractivity contribution in [1.82, 2.24) is 40.7 Å². The number of guanidine groups is 2. The van der Waals surface area contributed by atoms with E-state index in [4.69, 9.17) is 22.9 Å². The van der Waals surface area contributed by atoms with E-state index in [9.17, 15) is 57.3 Å². The summed E-state index contributed by atoms with van der Waals surface area (Å²) in [6.07, 6.45) is 3.54. The third-order valence-electron chi connectivity index (χ3n) is 17.6. The minimum Gasteiger partial charge on any atom is -0.480 e. The van der Waals surface area contributed by atoms with E-state index in [1.807, 2.05) is 6.92 Å². The van der Waals surface area contributed by atoms with E-state index in [0.29, 0.717) is 30.5 Å². The van der Waals surface area contributed by atoms with E-state index < -0.39 is 136 Å². The van der Waals surface area contributed by atoms with Crippen LogP contribution < -0.4 is 53.8 Å². The van der Waals surface area contributed by atoms with Crippen molar-refractivity contribution in [1.29, 1.82) is 0 Å². The summed E-state index contributed by atoms with van der Waals surface area (Å²) < 4.78 is 27.6. The van der Waals surface area contributed by atoms with Crippen LogP contribution in [0.1, 0.15) is 106 Å². The summed E-state index contributed by atoms with van der Waals surface area (Å²) in [6, 6.07) is 7.06. The molecule has 31 heteroatoms. The van der Waals surface area contributed by atoms with Gasteiger partial charge in [-0.3, -0.25) is 53.2 Å². The Morgan fingerprint density at radius 2 is 1.48 bits per heavy atom. The number of aliphatic imine (C=N–C) groups is 2. The average molecular weight is 1300 g/mol. The van der Waals surface area contributed by atoms with Crippen molar-refractivity contribution in [2.45, 2.75) is 169 Å². The molecule has 0 bridgehead atoms. The topological polar surface area (TPSA) is 450 Å². The van der Waals surface area contributed by atoms with E-state index in [0.717, 1.165) is 41.1 Å². The molecular formula is C60H83N15O14S2. The molecule has 3 saturated heterocycles. The van der Waals surface area contributed by atoms with Gasteiger partial charge in [-0.25, -0.2) is 17.9 Å². The van der Waals surface area contributed by atoms with Crippen LogP contribution >= 0.6 is 11.3 Å². The highest BCUT2D eigenvalue weighted by Gasteiger charge is 2.52. The molecule has 4 aliphatic heterocycles. The summed E-state index contributed by atoms with van der Waals surface area (Å²) in [7, 11) is -3.99. The van der Waals surface area contributed by atoms with Crippen LogP contribution in [0.15, 0.2) is 80.9 Å². The lowest BCUT2D eigenvalue weighted by Gasteiger charge is -2.42. The first-order chi connectivity index (χ1) is 43.3. The number of anilines is 1. The maximum Gasteiger partial charge on any atom is 0.326 e. The fourth-order valence-corrected chi connectivity index (χ4v) is 14.7. The van der Waals surface area contributed by atoms with Crippen LogP contribution in [0.4, 0.5) is 5.69 Å². The van der Waals surface area contributed by atoms with Crippen LogP contribution in [0.3, 0.4) is 0 Å². The molecule has 5 aliphatic rings. The van der Waals surface area contributed by atoms with Crippen molar-refractivity contribution < 1.29 is 66.9 Å². The smallest absolute Gasteiger partial charge is 0.326 e. The van der Waals surface area contributed by atoms with Crippen molar-refractivity contribution in [3.8, 4) is 0 Å². The molecule has 29 nitrogen and oxygen atoms in total. The molecule has 8 rings (SSSR count). The van der Waals surface area contributed by atoms with Gasteiger partial charge in [0.15, 0.2) is 11.5 Å². The van der Waals surface area contributed by atoms with Gasteiger partial charge >= 0.3 is 5.97 Å². The number of aliphatic hydroxyl groups excluding tert-OH is 2. The summed E-state index contributed by atoms with van der Waals surface area (Å²) in [6.45, 7) is 1.57. The number of nitrogens with zero attached hydrogens (tertiary/aromatic N) is 6. The first-order valence-electron chi connectivity index (χ1n) is 30.6. The zero-order valence-electron chi connectivity index (χ0n) is 50.9. The highest BCUT2D eigenvalue weighted by atomic mass is 32.2. The second kappa shape index (κ2) is 30.2. The van der Waals surface area contributed by atoms with Crippen molar-refractivity contribution >= 4 is 92.2 Å². The van der Waals surface area contributed by atoms with Crippen molar-refractivity contribution in [2.24, 2.45) is 38.8 Å². The number of carbonyl (C=O) groups excluding carboxylic acids is 8. The highest BCUT2D eigenvalue weighted by molar-refractivity contribution is 7.90. The van der Waals surface area contributed by atoms with Gasteiger partial charge in [0.25, 0.3) is 21.8 Å². The van der Waals surface area contributed by atoms with Gasteiger partial charge in [0.1, 0.15) is 36.3 Å². The third kappa shape index (κ3) is 16.3. The molecule has 4 fully saturated rings. The van der Waals surface area contributed by atoms with Gasteiger partial charge in [0, 0.05) is 49.2 Å². The summed E-state index contributed by atoms with van der Waals surface area (Å²) >= 11 is 1.09. The van der Waals surface area contributed by atoms with Crippen LogP contribution in [0.25, 0.3) is 0 Å². The number of likely N-dealkylation sites (tertiary alicyclic amines) is 3. The van der Waals surface area contributed by atoms with Gasteiger partial charge in [-0.1, -0.05) is 54.8 Å². The fraction of sp³-hybridized carbons (Fsp3) is 0.550. The Bertz CT molecular complexity index is 3350. The molecule has 11 atom stereocenters. The van der Waals surface area contributed by atoms with Gasteiger partial charge in [0.05, 0.1) is 30.2 Å². The lowest BCUT2D eigenvalue weighted by atomic mass is 9.84. The summed E-state index contributed by atoms with van der Waals surface area (Å²) in [4.78, 5) is 141. The molecule has 0 unspecified atom stereocenters. The number of aliphatic carboxylic acids is 1. The quantitative estimate of drug-likeness (QED) is 0.0260. The Labute approximate surface area is 531 Å². The molecule has 3 aromatic rings. The van der Waals surface area contributed by atoms with Crippen LogP contribution in [0.5, 0.6) is 0 Å². The van der Waals surface area contributed by atoms with Crippen LogP contribution in [0, 0.1) is 12.8 Å². The summed E-state index contributed by atoms with van der Waals surface area (Å²) in [5.74, 6) is -7.78. The second-order valence-corrected chi connectivity index (χ2v) is 26.6. The third-order valence-corrected chi connectivity index (χ3v) is 20.0. The Morgan fingerprint density at radius 3 is 2.19 bits per heavy atom. The van der Waals surface area contributed by atoms with Gasteiger partial charge < -0.3 is 74.2 Å².